The van der Waals surface area contributed by atoms with Crippen molar-refractivity contribution in [1.29, 1.82) is 0 Å². The molecule has 6 nitrogen and oxygen atoms in total. The van der Waals surface area contributed by atoms with E-state index in [2.05, 4.69) is 15.4 Å². The highest BCUT2D eigenvalue weighted by Gasteiger charge is 2.27. The molecule has 1 unspecified atom stereocenters. The van der Waals surface area contributed by atoms with Gasteiger partial charge in [-0.15, -0.1) is 0 Å². The number of hydrogen-bond acceptors (Lipinski definition) is 5. The third-order valence-electron chi connectivity index (χ3n) is 3.42. The Morgan fingerprint density at radius 2 is 2.32 bits per heavy atom. The zero-order valence-corrected chi connectivity index (χ0v) is 11.5. The van der Waals surface area contributed by atoms with Crippen molar-refractivity contribution < 1.29 is 8.42 Å². The highest BCUT2D eigenvalue weighted by atomic mass is 32.2. The van der Waals surface area contributed by atoms with Gasteiger partial charge in [0.2, 0.25) is 0 Å². The van der Waals surface area contributed by atoms with Crippen LogP contribution in [0.3, 0.4) is 0 Å². The predicted molar refractivity (Wildman–Crippen MR) is 73.0 cm³/mol. The van der Waals surface area contributed by atoms with E-state index >= 15 is 0 Å². The maximum Gasteiger partial charge on any atom is 0.157 e. The van der Waals surface area contributed by atoms with E-state index in [1.807, 2.05) is 19.1 Å². The van der Waals surface area contributed by atoms with Gasteiger partial charge in [0.1, 0.15) is 12.1 Å². The average molecular weight is 280 g/mol. The van der Waals surface area contributed by atoms with Gasteiger partial charge in [-0.2, -0.15) is 9.61 Å². The molecule has 7 heteroatoms. The number of fused-ring (bicyclic) bond motifs is 1. The van der Waals surface area contributed by atoms with Crippen molar-refractivity contribution in [3.05, 3.63) is 24.0 Å². The summed E-state index contributed by atoms with van der Waals surface area (Å²) in [7, 11) is -2.81. The SMILES string of the molecule is Cc1cc(NCC2CCS(=O)(=O)C2)n2ncnc2c1. The molecular weight excluding hydrogens is 264 g/mol. The van der Waals surface area contributed by atoms with Gasteiger partial charge in [-0.3, -0.25) is 0 Å². The summed E-state index contributed by atoms with van der Waals surface area (Å²) in [4.78, 5) is 4.16. The second-order valence-electron chi connectivity index (χ2n) is 5.10. The van der Waals surface area contributed by atoms with Crippen LogP contribution in [0.4, 0.5) is 5.82 Å². The van der Waals surface area contributed by atoms with Crippen molar-refractivity contribution in [3.63, 3.8) is 0 Å². The molecule has 0 aromatic carbocycles. The number of hydrogen-bond donors (Lipinski definition) is 1. The van der Waals surface area contributed by atoms with Crippen LogP contribution in [-0.4, -0.2) is 41.1 Å². The van der Waals surface area contributed by atoms with Crippen molar-refractivity contribution >= 4 is 21.3 Å². The molecule has 0 amide bonds. The molecule has 2 aromatic heterocycles. The predicted octanol–water partition coefficient (Wildman–Crippen LogP) is 0.884. The molecule has 102 valence electrons. The van der Waals surface area contributed by atoms with Crippen molar-refractivity contribution in [1.82, 2.24) is 14.6 Å². The van der Waals surface area contributed by atoms with E-state index in [1.165, 1.54) is 6.33 Å². The van der Waals surface area contributed by atoms with Gasteiger partial charge in [0.15, 0.2) is 15.5 Å². The zero-order valence-electron chi connectivity index (χ0n) is 10.7. The Morgan fingerprint density at radius 3 is 3.05 bits per heavy atom. The Bertz CT molecular complexity index is 708. The van der Waals surface area contributed by atoms with E-state index in [0.29, 0.717) is 12.3 Å². The summed E-state index contributed by atoms with van der Waals surface area (Å²) in [5.74, 6) is 1.64. The minimum absolute atomic E-state index is 0.184. The first-order chi connectivity index (χ1) is 9.03. The number of pyridine rings is 1. The van der Waals surface area contributed by atoms with Crippen LogP contribution in [0.5, 0.6) is 0 Å². The Morgan fingerprint density at radius 1 is 1.47 bits per heavy atom. The van der Waals surface area contributed by atoms with Gasteiger partial charge in [-0.1, -0.05) is 0 Å². The van der Waals surface area contributed by atoms with Gasteiger partial charge in [0.25, 0.3) is 0 Å². The molecule has 3 rings (SSSR count). The third kappa shape index (κ3) is 2.56. The second kappa shape index (κ2) is 4.48. The third-order valence-corrected chi connectivity index (χ3v) is 5.26. The fourth-order valence-electron chi connectivity index (χ4n) is 2.46. The Kier molecular flexibility index (Phi) is 2.93. The van der Waals surface area contributed by atoms with Crippen molar-refractivity contribution in [2.24, 2.45) is 5.92 Å². The van der Waals surface area contributed by atoms with Crippen molar-refractivity contribution in [2.45, 2.75) is 13.3 Å². The van der Waals surface area contributed by atoms with Gasteiger partial charge < -0.3 is 5.32 Å². The Labute approximate surface area is 111 Å². The molecule has 1 fully saturated rings. The van der Waals surface area contributed by atoms with Crippen LogP contribution in [0.2, 0.25) is 0 Å². The van der Waals surface area contributed by atoms with Gasteiger partial charge in [0, 0.05) is 6.54 Å². The van der Waals surface area contributed by atoms with E-state index in [-0.39, 0.29) is 11.7 Å². The Balaban J connectivity index is 1.77. The van der Waals surface area contributed by atoms with E-state index < -0.39 is 9.84 Å². The maximum absolute atomic E-state index is 11.4. The van der Waals surface area contributed by atoms with Crippen molar-refractivity contribution in [3.8, 4) is 0 Å². The summed E-state index contributed by atoms with van der Waals surface area (Å²) in [6.07, 6.45) is 2.25. The quantitative estimate of drug-likeness (QED) is 0.903. The van der Waals surface area contributed by atoms with Crippen LogP contribution in [0.25, 0.3) is 5.65 Å². The lowest BCUT2D eigenvalue weighted by Crippen LogP contribution is -2.17. The number of anilines is 1. The molecule has 1 aliphatic heterocycles. The summed E-state index contributed by atoms with van der Waals surface area (Å²) in [6, 6.07) is 3.95. The molecule has 19 heavy (non-hydrogen) atoms. The van der Waals surface area contributed by atoms with Gasteiger partial charge in [-0.25, -0.2) is 13.4 Å². The molecule has 0 radical (unpaired) electrons. The lowest BCUT2D eigenvalue weighted by Gasteiger charge is -2.12. The smallest absolute Gasteiger partial charge is 0.157 e. The maximum atomic E-state index is 11.4. The number of nitrogens with zero attached hydrogens (tertiary/aromatic N) is 3. The highest BCUT2D eigenvalue weighted by Crippen LogP contribution is 2.20. The minimum Gasteiger partial charge on any atom is -0.370 e. The summed E-state index contributed by atoms with van der Waals surface area (Å²) < 4.78 is 24.6. The molecule has 1 saturated heterocycles. The molecule has 1 N–H and O–H groups in total. The molecule has 1 aliphatic rings. The van der Waals surface area contributed by atoms with Crippen LogP contribution < -0.4 is 5.32 Å². The normalized spacial score (nSPS) is 21.8. The lowest BCUT2D eigenvalue weighted by atomic mass is 10.1. The van der Waals surface area contributed by atoms with Crippen LogP contribution in [0, 0.1) is 12.8 Å². The lowest BCUT2D eigenvalue weighted by molar-refractivity contribution is 0.595. The molecule has 1 atom stereocenters. The molecule has 0 spiro atoms. The molecule has 0 bridgehead atoms. The highest BCUT2D eigenvalue weighted by molar-refractivity contribution is 7.91. The molecular formula is C12H16N4O2S. The summed E-state index contributed by atoms with van der Waals surface area (Å²) in [6.45, 7) is 2.65. The fraction of sp³-hybridized carbons (Fsp3) is 0.500. The monoisotopic (exact) mass is 280 g/mol. The molecule has 0 aliphatic carbocycles. The van der Waals surface area contributed by atoms with E-state index in [1.54, 1.807) is 4.52 Å². The standard InChI is InChI=1S/C12H16N4O2S/c1-9-4-11(16-12(5-9)14-8-15-16)13-6-10-2-3-19(17,18)7-10/h4-5,8,10,13H,2-3,6-7H2,1H3. The first kappa shape index (κ1) is 12.4. The summed E-state index contributed by atoms with van der Waals surface area (Å²) >= 11 is 0. The largest absolute Gasteiger partial charge is 0.370 e. The summed E-state index contributed by atoms with van der Waals surface area (Å²) in [5, 5.41) is 7.45. The fourth-order valence-corrected chi connectivity index (χ4v) is 4.33. The topological polar surface area (TPSA) is 76.4 Å². The van der Waals surface area contributed by atoms with Crippen LogP contribution in [0.15, 0.2) is 18.5 Å². The molecule has 2 aromatic rings. The van der Waals surface area contributed by atoms with Crippen LogP contribution in [-0.2, 0) is 9.84 Å². The summed E-state index contributed by atoms with van der Waals surface area (Å²) in [5.41, 5.74) is 1.89. The number of aromatic nitrogens is 3. The number of rotatable bonds is 3. The van der Waals surface area contributed by atoms with E-state index in [4.69, 9.17) is 0 Å². The molecule has 0 saturated carbocycles. The average Bonchev–Trinajstić information content (AvgIpc) is 2.92. The van der Waals surface area contributed by atoms with Gasteiger partial charge in [0.05, 0.1) is 11.5 Å². The van der Waals surface area contributed by atoms with E-state index in [0.717, 1.165) is 23.4 Å². The van der Waals surface area contributed by atoms with Crippen molar-refractivity contribution in [2.75, 3.05) is 23.4 Å². The second-order valence-corrected chi connectivity index (χ2v) is 7.33. The van der Waals surface area contributed by atoms with Crippen LogP contribution >= 0.6 is 0 Å². The number of aryl methyl sites for hydroxylation is 1. The van der Waals surface area contributed by atoms with Gasteiger partial charge >= 0.3 is 0 Å². The van der Waals surface area contributed by atoms with E-state index in [9.17, 15) is 8.42 Å². The van der Waals surface area contributed by atoms with Crippen LogP contribution in [0.1, 0.15) is 12.0 Å². The minimum atomic E-state index is -2.81. The first-order valence-corrected chi connectivity index (χ1v) is 8.10. The zero-order chi connectivity index (χ0) is 13.5. The van der Waals surface area contributed by atoms with Gasteiger partial charge in [-0.05, 0) is 37.0 Å². The number of nitrogens with one attached hydrogen (secondary N) is 1. The first-order valence-electron chi connectivity index (χ1n) is 6.28. The molecule has 3 heterocycles. The number of sulfone groups is 1. The Hall–Kier alpha value is -1.63.